The molecule has 0 aromatic heterocycles. The molecule has 0 aliphatic rings. The summed E-state index contributed by atoms with van der Waals surface area (Å²) >= 11 is 1.03. The van der Waals surface area contributed by atoms with Gasteiger partial charge in [0.05, 0.1) is 12.7 Å². The molecule has 0 spiro atoms. The van der Waals surface area contributed by atoms with Crippen LogP contribution in [0.15, 0.2) is 11.0 Å². The monoisotopic (exact) mass is 376 g/mol. The van der Waals surface area contributed by atoms with E-state index in [0.717, 1.165) is 17.6 Å². The Balaban J connectivity index is 4.22. The first-order valence-electron chi connectivity index (χ1n) is 8.42. The van der Waals surface area contributed by atoms with Gasteiger partial charge in [-0.2, -0.15) is 13.2 Å². The van der Waals surface area contributed by atoms with Crippen LogP contribution in [0, 0.1) is 0 Å². The van der Waals surface area contributed by atoms with Gasteiger partial charge in [0.2, 0.25) is 0 Å². The number of benzene rings is 1. The van der Waals surface area contributed by atoms with Gasteiger partial charge in [-0.15, -0.1) is 0 Å². The summed E-state index contributed by atoms with van der Waals surface area (Å²) in [5, 5.41) is 0. The van der Waals surface area contributed by atoms with Gasteiger partial charge in [-0.25, -0.2) is 0 Å². The molecule has 0 amide bonds. The fourth-order valence-corrected chi connectivity index (χ4v) is 4.11. The van der Waals surface area contributed by atoms with E-state index in [1.54, 1.807) is 6.07 Å². The van der Waals surface area contributed by atoms with E-state index in [-0.39, 0.29) is 5.41 Å². The van der Waals surface area contributed by atoms with Crippen molar-refractivity contribution in [3.63, 3.8) is 0 Å². The molecule has 0 N–H and O–H groups in total. The van der Waals surface area contributed by atoms with E-state index >= 15 is 0 Å². The van der Waals surface area contributed by atoms with Crippen molar-refractivity contribution in [1.82, 2.24) is 0 Å². The molecule has 5 heteroatoms. The number of hydrogen-bond donors (Lipinski definition) is 0. The van der Waals surface area contributed by atoms with Crippen molar-refractivity contribution in [3.8, 4) is 0 Å². The van der Waals surface area contributed by atoms with E-state index in [1.165, 1.54) is 7.11 Å². The maximum absolute atomic E-state index is 14.2. The summed E-state index contributed by atoms with van der Waals surface area (Å²) in [6.07, 6.45) is -4.43. The molecule has 0 radical (unpaired) electrons. The Morgan fingerprint density at radius 2 is 1.16 bits per heavy atom. The molecule has 0 heterocycles. The van der Waals surface area contributed by atoms with Crippen LogP contribution in [0.1, 0.15) is 84.6 Å². The van der Waals surface area contributed by atoms with Gasteiger partial charge in [-0.1, -0.05) is 68.4 Å². The van der Waals surface area contributed by atoms with Crippen LogP contribution in [-0.4, -0.2) is 7.11 Å². The van der Waals surface area contributed by atoms with Gasteiger partial charge in [0, 0.05) is 16.9 Å². The summed E-state index contributed by atoms with van der Waals surface area (Å²) in [6.45, 7) is 17.1. The number of halogens is 3. The van der Waals surface area contributed by atoms with Gasteiger partial charge in [-0.3, -0.25) is 0 Å². The Labute approximate surface area is 154 Å². The number of alkyl halides is 3. The first-order valence-corrected chi connectivity index (χ1v) is 9.16. The summed E-state index contributed by atoms with van der Waals surface area (Å²) in [5.41, 5.74) is -0.555. The lowest BCUT2D eigenvalue weighted by molar-refractivity contribution is -0.140. The van der Waals surface area contributed by atoms with Crippen molar-refractivity contribution in [3.05, 3.63) is 28.3 Å². The van der Waals surface area contributed by atoms with Crippen molar-refractivity contribution >= 4 is 12.0 Å². The third-order valence-electron chi connectivity index (χ3n) is 4.10. The van der Waals surface area contributed by atoms with Crippen molar-refractivity contribution < 1.29 is 17.4 Å². The Morgan fingerprint density at radius 3 is 1.44 bits per heavy atom. The lowest BCUT2D eigenvalue weighted by Gasteiger charge is -2.36. The smallest absolute Gasteiger partial charge is 0.314 e. The predicted molar refractivity (Wildman–Crippen MR) is 100 cm³/mol. The zero-order valence-electron chi connectivity index (χ0n) is 17.0. The SMILES string of the molecule is COSc1c(C(C)(C)C)cc(C(C)(C)C)c(C(F)(F)F)c1C(C)(C)C. The van der Waals surface area contributed by atoms with Crippen molar-refractivity contribution in [2.45, 2.75) is 89.6 Å². The molecule has 25 heavy (non-hydrogen) atoms. The van der Waals surface area contributed by atoms with Gasteiger partial charge in [-0.05, 0) is 32.9 Å². The van der Waals surface area contributed by atoms with E-state index in [2.05, 4.69) is 0 Å². The highest BCUT2D eigenvalue weighted by Crippen LogP contribution is 2.50. The van der Waals surface area contributed by atoms with Gasteiger partial charge in [0.1, 0.15) is 0 Å². The molecule has 0 saturated carbocycles. The summed E-state index contributed by atoms with van der Waals surface area (Å²) in [6, 6.07) is 1.74. The van der Waals surface area contributed by atoms with Crippen LogP contribution in [0.3, 0.4) is 0 Å². The predicted octanol–water partition coefficient (Wildman–Crippen LogP) is 7.25. The van der Waals surface area contributed by atoms with Crippen LogP contribution < -0.4 is 0 Å². The zero-order valence-corrected chi connectivity index (χ0v) is 17.8. The van der Waals surface area contributed by atoms with Crippen LogP contribution in [0.25, 0.3) is 0 Å². The summed E-state index contributed by atoms with van der Waals surface area (Å²) in [4.78, 5) is 0.586. The summed E-state index contributed by atoms with van der Waals surface area (Å²) in [5.74, 6) is 0. The molecular formula is C20H31F3OS. The van der Waals surface area contributed by atoms with Crippen LogP contribution in [0.5, 0.6) is 0 Å². The Morgan fingerprint density at radius 1 is 0.720 bits per heavy atom. The quantitative estimate of drug-likeness (QED) is 0.503. The first-order chi connectivity index (χ1) is 10.9. The third kappa shape index (κ3) is 4.94. The van der Waals surface area contributed by atoms with Crippen LogP contribution >= 0.6 is 12.0 Å². The highest BCUT2D eigenvalue weighted by molar-refractivity contribution is 7.94. The molecule has 1 aromatic rings. The summed E-state index contributed by atoms with van der Waals surface area (Å²) in [7, 11) is 1.49. The van der Waals surface area contributed by atoms with Crippen molar-refractivity contribution in [1.29, 1.82) is 0 Å². The maximum Gasteiger partial charge on any atom is 0.417 e. The number of hydrogen-bond acceptors (Lipinski definition) is 2. The second kappa shape index (κ2) is 6.80. The molecule has 0 fully saturated rings. The molecule has 0 aliphatic heterocycles. The van der Waals surface area contributed by atoms with Crippen molar-refractivity contribution in [2.24, 2.45) is 0 Å². The maximum atomic E-state index is 14.2. The van der Waals surface area contributed by atoms with Crippen LogP contribution in [-0.2, 0) is 26.6 Å². The second-order valence-corrected chi connectivity index (χ2v) is 10.5. The first kappa shape index (κ1) is 22.4. The molecule has 0 saturated heterocycles. The lowest BCUT2D eigenvalue weighted by atomic mass is 9.72. The van der Waals surface area contributed by atoms with Crippen LogP contribution in [0.2, 0.25) is 0 Å². The van der Waals surface area contributed by atoms with Gasteiger partial charge >= 0.3 is 6.18 Å². The molecule has 1 aromatic carbocycles. The minimum atomic E-state index is -4.43. The molecule has 1 rings (SSSR count). The summed E-state index contributed by atoms with van der Waals surface area (Å²) < 4.78 is 47.7. The highest BCUT2D eigenvalue weighted by atomic mass is 32.2. The minimum Gasteiger partial charge on any atom is -0.314 e. The fraction of sp³-hybridized carbons (Fsp3) is 0.700. The van der Waals surface area contributed by atoms with Gasteiger partial charge in [0.15, 0.2) is 0 Å². The minimum absolute atomic E-state index is 0.301. The van der Waals surface area contributed by atoms with E-state index in [0.29, 0.717) is 16.0 Å². The zero-order chi connectivity index (χ0) is 20.0. The topological polar surface area (TPSA) is 9.23 Å². The van der Waals surface area contributed by atoms with E-state index in [4.69, 9.17) is 4.18 Å². The van der Waals surface area contributed by atoms with Gasteiger partial charge < -0.3 is 4.18 Å². The van der Waals surface area contributed by atoms with Crippen LogP contribution in [0.4, 0.5) is 13.2 Å². The Bertz CT molecular complexity index is 627. The Kier molecular flexibility index (Phi) is 6.09. The molecule has 0 bridgehead atoms. The largest absolute Gasteiger partial charge is 0.417 e. The molecule has 144 valence electrons. The standard InChI is InChI=1S/C20H31F3OS/c1-17(2,3)12-11-13(18(4,5)6)16(25-24-10)15(19(7,8)9)14(12)20(21,22)23/h11H,1-10H3. The van der Waals surface area contributed by atoms with E-state index in [1.807, 2.05) is 62.3 Å². The average Bonchev–Trinajstić information content (AvgIpc) is 2.32. The normalized spacial score (nSPS) is 14.1. The molecule has 0 atom stereocenters. The molecule has 1 nitrogen and oxygen atoms in total. The second-order valence-electron chi connectivity index (χ2n) is 9.55. The number of rotatable bonds is 2. The lowest BCUT2D eigenvalue weighted by Crippen LogP contribution is -2.29. The highest BCUT2D eigenvalue weighted by Gasteiger charge is 2.44. The molecular weight excluding hydrogens is 345 g/mol. The van der Waals surface area contributed by atoms with E-state index < -0.39 is 22.6 Å². The average molecular weight is 377 g/mol. The third-order valence-corrected chi connectivity index (χ3v) is 4.85. The van der Waals surface area contributed by atoms with Crippen molar-refractivity contribution in [2.75, 3.05) is 7.11 Å². The van der Waals surface area contributed by atoms with Gasteiger partial charge in [0.25, 0.3) is 0 Å². The fourth-order valence-electron chi connectivity index (χ4n) is 2.99. The molecule has 0 aliphatic carbocycles. The Hall–Kier alpha value is -0.680. The van der Waals surface area contributed by atoms with E-state index in [9.17, 15) is 13.2 Å². The molecule has 0 unspecified atom stereocenters.